The predicted octanol–water partition coefficient (Wildman–Crippen LogP) is 4.15. The summed E-state index contributed by atoms with van der Waals surface area (Å²) in [6, 6.07) is 11.2. The van der Waals surface area contributed by atoms with Gasteiger partial charge in [-0.05, 0) is 32.8 Å². The van der Waals surface area contributed by atoms with Crippen molar-refractivity contribution in [3.63, 3.8) is 0 Å². The fourth-order valence-corrected chi connectivity index (χ4v) is 3.84. The summed E-state index contributed by atoms with van der Waals surface area (Å²) >= 11 is 0. The van der Waals surface area contributed by atoms with Gasteiger partial charge in [-0.3, -0.25) is 4.79 Å². The highest BCUT2D eigenvalue weighted by atomic mass is 16.5. The van der Waals surface area contributed by atoms with E-state index in [-0.39, 0.29) is 11.6 Å². The number of benzene rings is 1. The molecular weight excluding hydrogens is 382 g/mol. The van der Waals surface area contributed by atoms with Crippen LogP contribution in [-0.2, 0) is 9.53 Å². The third-order valence-electron chi connectivity index (χ3n) is 5.46. The molecule has 3 aromatic rings. The maximum Gasteiger partial charge on any atom is 0.339 e. The number of hydrogen-bond donors (Lipinski definition) is 0. The van der Waals surface area contributed by atoms with E-state index in [1.807, 2.05) is 30.3 Å². The number of nitrogens with zero attached hydrogens (tertiary/aromatic N) is 3. The van der Waals surface area contributed by atoms with Crippen molar-refractivity contribution in [3.05, 3.63) is 47.7 Å². The average molecular weight is 407 g/mol. The molecule has 2 aromatic heterocycles. The minimum Gasteiger partial charge on any atom is -0.449 e. The monoisotopic (exact) mass is 407 g/mol. The first kappa shape index (κ1) is 20.1. The Balaban J connectivity index is 1.62. The fraction of sp³-hybridized carbons (Fsp3) is 0.391. The molecule has 30 heavy (non-hydrogen) atoms. The van der Waals surface area contributed by atoms with E-state index in [0.717, 1.165) is 31.2 Å². The van der Waals surface area contributed by atoms with Crippen molar-refractivity contribution in [2.45, 2.75) is 45.6 Å². The number of carbonyl (C=O) groups excluding carboxylic acids is 2. The van der Waals surface area contributed by atoms with Gasteiger partial charge in [-0.1, -0.05) is 48.3 Å². The molecule has 7 heteroatoms. The molecule has 4 rings (SSSR count). The summed E-state index contributed by atoms with van der Waals surface area (Å²) in [4.78, 5) is 32.2. The zero-order valence-electron chi connectivity index (χ0n) is 17.3. The number of hydrogen-bond acceptors (Lipinski definition) is 6. The van der Waals surface area contributed by atoms with E-state index in [4.69, 9.17) is 9.26 Å². The van der Waals surface area contributed by atoms with Crippen LogP contribution in [0.4, 0.5) is 0 Å². The second-order valence-electron chi connectivity index (χ2n) is 7.66. The van der Waals surface area contributed by atoms with E-state index >= 15 is 0 Å². The molecule has 0 spiro atoms. The van der Waals surface area contributed by atoms with Gasteiger partial charge in [0.1, 0.15) is 0 Å². The number of rotatable bonds is 4. The van der Waals surface area contributed by atoms with E-state index in [2.05, 4.69) is 10.1 Å². The molecule has 0 radical (unpaired) electrons. The number of carbonyl (C=O) groups is 2. The second-order valence-corrected chi connectivity index (χ2v) is 7.66. The summed E-state index contributed by atoms with van der Waals surface area (Å²) in [5.74, 6) is -0.734. The first-order valence-electron chi connectivity index (χ1n) is 10.4. The van der Waals surface area contributed by atoms with E-state index < -0.39 is 12.1 Å². The summed E-state index contributed by atoms with van der Waals surface area (Å²) in [6.07, 6.45) is 3.36. The quantitative estimate of drug-likeness (QED) is 0.604. The third-order valence-corrected chi connectivity index (χ3v) is 5.46. The SMILES string of the molecule is Cc1noc2nc(-c3ccccc3)cc(C(=O)OC(C)C(=O)N3CCCCCC3)c12. The predicted molar refractivity (Wildman–Crippen MR) is 112 cm³/mol. The van der Waals surface area contributed by atoms with Crippen LogP contribution < -0.4 is 0 Å². The average Bonchev–Trinajstić information content (AvgIpc) is 2.96. The number of likely N-dealkylation sites (tertiary alicyclic amines) is 1. The van der Waals surface area contributed by atoms with Crippen molar-refractivity contribution in [3.8, 4) is 11.3 Å². The molecule has 0 N–H and O–H groups in total. The molecule has 3 heterocycles. The topological polar surface area (TPSA) is 85.5 Å². The van der Waals surface area contributed by atoms with Gasteiger partial charge in [0.15, 0.2) is 6.10 Å². The molecule has 1 unspecified atom stereocenters. The van der Waals surface area contributed by atoms with Crippen molar-refractivity contribution in [1.29, 1.82) is 0 Å². The zero-order chi connectivity index (χ0) is 21.1. The minimum absolute atomic E-state index is 0.152. The van der Waals surface area contributed by atoms with Gasteiger partial charge in [-0.15, -0.1) is 0 Å². The summed E-state index contributed by atoms with van der Waals surface area (Å²) in [7, 11) is 0. The number of amides is 1. The molecule has 0 saturated carbocycles. The number of aryl methyl sites for hydroxylation is 1. The Hall–Kier alpha value is -3.22. The van der Waals surface area contributed by atoms with E-state index in [0.29, 0.717) is 35.4 Å². The van der Waals surface area contributed by atoms with Gasteiger partial charge in [-0.2, -0.15) is 0 Å². The fourth-order valence-electron chi connectivity index (χ4n) is 3.84. The summed E-state index contributed by atoms with van der Waals surface area (Å²) < 4.78 is 10.9. The van der Waals surface area contributed by atoms with Crippen LogP contribution >= 0.6 is 0 Å². The van der Waals surface area contributed by atoms with Crippen molar-refractivity contribution >= 4 is 23.0 Å². The van der Waals surface area contributed by atoms with Crippen LogP contribution in [0.1, 0.15) is 48.7 Å². The van der Waals surface area contributed by atoms with E-state index in [9.17, 15) is 9.59 Å². The molecule has 1 atom stereocenters. The number of pyridine rings is 1. The van der Waals surface area contributed by atoms with Crippen LogP contribution in [0.5, 0.6) is 0 Å². The second kappa shape index (κ2) is 8.65. The van der Waals surface area contributed by atoms with E-state index in [1.165, 1.54) is 0 Å². The van der Waals surface area contributed by atoms with Crippen molar-refractivity contribution < 1.29 is 18.8 Å². The number of aromatic nitrogens is 2. The Bertz CT molecular complexity index is 1050. The van der Waals surface area contributed by atoms with Gasteiger partial charge in [0.25, 0.3) is 11.6 Å². The lowest BCUT2D eigenvalue weighted by Gasteiger charge is -2.24. The van der Waals surface area contributed by atoms with Gasteiger partial charge in [0, 0.05) is 18.7 Å². The first-order valence-corrected chi connectivity index (χ1v) is 10.4. The van der Waals surface area contributed by atoms with Crippen LogP contribution in [0.15, 0.2) is 40.9 Å². The Morgan fingerprint density at radius 2 is 1.80 bits per heavy atom. The molecule has 0 bridgehead atoms. The summed E-state index contributed by atoms with van der Waals surface area (Å²) in [6.45, 7) is 4.80. The Kier molecular flexibility index (Phi) is 5.79. The minimum atomic E-state index is -0.862. The number of ether oxygens (including phenoxy) is 1. The largest absolute Gasteiger partial charge is 0.449 e. The van der Waals surface area contributed by atoms with Crippen molar-refractivity contribution in [2.24, 2.45) is 0 Å². The Morgan fingerprint density at radius 1 is 1.10 bits per heavy atom. The molecule has 7 nitrogen and oxygen atoms in total. The molecule has 1 aliphatic rings. The van der Waals surface area contributed by atoms with Crippen molar-refractivity contribution in [1.82, 2.24) is 15.0 Å². The third kappa shape index (κ3) is 4.06. The lowest BCUT2D eigenvalue weighted by molar-refractivity contribution is -0.139. The zero-order valence-corrected chi connectivity index (χ0v) is 17.3. The molecule has 156 valence electrons. The molecule has 1 aliphatic heterocycles. The smallest absolute Gasteiger partial charge is 0.339 e. The molecule has 1 fully saturated rings. The van der Waals surface area contributed by atoms with Crippen LogP contribution in [-0.4, -0.2) is 46.1 Å². The van der Waals surface area contributed by atoms with Crippen LogP contribution in [0.25, 0.3) is 22.4 Å². The van der Waals surface area contributed by atoms with Gasteiger partial charge in [0.05, 0.1) is 22.3 Å². The maximum absolute atomic E-state index is 13.1. The van der Waals surface area contributed by atoms with Gasteiger partial charge in [0.2, 0.25) is 0 Å². The van der Waals surface area contributed by atoms with Crippen molar-refractivity contribution in [2.75, 3.05) is 13.1 Å². The molecule has 0 aliphatic carbocycles. The Morgan fingerprint density at radius 3 is 2.50 bits per heavy atom. The molecular formula is C23H25N3O4. The standard InChI is InChI=1S/C23H25N3O4/c1-15-20-18(14-19(24-21(20)30-25-15)17-10-6-5-7-11-17)23(28)29-16(2)22(27)26-12-8-3-4-9-13-26/h5-7,10-11,14,16H,3-4,8-9,12-13H2,1-2H3. The molecule has 1 aromatic carbocycles. The van der Waals surface area contributed by atoms with Gasteiger partial charge >= 0.3 is 5.97 Å². The van der Waals surface area contributed by atoms with Gasteiger partial charge in [-0.25, -0.2) is 9.78 Å². The Labute approximate surface area is 175 Å². The molecule has 1 saturated heterocycles. The molecule has 1 amide bonds. The van der Waals surface area contributed by atoms with Crippen LogP contribution in [0, 0.1) is 6.92 Å². The normalized spacial score (nSPS) is 15.6. The lowest BCUT2D eigenvalue weighted by Crippen LogP contribution is -2.40. The van der Waals surface area contributed by atoms with Crippen LogP contribution in [0.3, 0.4) is 0 Å². The van der Waals surface area contributed by atoms with Crippen LogP contribution in [0.2, 0.25) is 0 Å². The number of esters is 1. The highest BCUT2D eigenvalue weighted by Crippen LogP contribution is 2.28. The highest BCUT2D eigenvalue weighted by molar-refractivity contribution is 6.05. The van der Waals surface area contributed by atoms with Gasteiger partial charge < -0.3 is 14.2 Å². The highest BCUT2D eigenvalue weighted by Gasteiger charge is 2.27. The van der Waals surface area contributed by atoms with E-state index in [1.54, 1.807) is 24.8 Å². The summed E-state index contributed by atoms with van der Waals surface area (Å²) in [5.41, 5.74) is 2.55. The maximum atomic E-state index is 13.1. The number of fused-ring (bicyclic) bond motifs is 1. The summed E-state index contributed by atoms with van der Waals surface area (Å²) in [5, 5.41) is 4.46. The first-order chi connectivity index (χ1) is 14.5. The lowest BCUT2D eigenvalue weighted by atomic mass is 10.1.